The molecule has 1 rings (SSSR count). The van der Waals surface area contributed by atoms with Crippen molar-refractivity contribution in [2.24, 2.45) is 11.1 Å². The molecule has 0 saturated carbocycles. The lowest BCUT2D eigenvalue weighted by Gasteiger charge is -2.26. The highest BCUT2D eigenvalue weighted by Crippen LogP contribution is 2.22. The summed E-state index contributed by atoms with van der Waals surface area (Å²) in [5.41, 5.74) is 5.88. The van der Waals surface area contributed by atoms with Gasteiger partial charge in [0, 0.05) is 6.04 Å². The summed E-state index contributed by atoms with van der Waals surface area (Å²) in [5, 5.41) is 0. The number of nitrogens with two attached hydrogens (primary N) is 1. The summed E-state index contributed by atoms with van der Waals surface area (Å²) >= 11 is 0. The van der Waals surface area contributed by atoms with Gasteiger partial charge in [0.25, 0.3) is 0 Å². The number of sulfone groups is 1. The lowest BCUT2D eigenvalue weighted by atomic mass is 9.88. The Bertz CT molecular complexity index is 338. The van der Waals surface area contributed by atoms with Crippen LogP contribution in [0.1, 0.15) is 33.1 Å². The Morgan fingerprint density at radius 1 is 1.41 bits per heavy atom. The van der Waals surface area contributed by atoms with Crippen LogP contribution < -0.4 is 5.73 Å². The van der Waals surface area contributed by atoms with Crippen LogP contribution >= 0.6 is 0 Å². The molecule has 1 aliphatic heterocycles. The van der Waals surface area contributed by atoms with Crippen LogP contribution in [0, 0.1) is 5.41 Å². The van der Waals surface area contributed by atoms with E-state index in [1.165, 1.54) is 0 Å². The first-order valence-electron chi connectivity index (χ1n) is 6.36. The molecule has 0 radical (unpaired) electrons. The molecule has 1 saturated heterocycles. The van der Waals surface area contributed by atoms with Crippen LogP contribution in [0.2, 0.25) is 0 Å². The lowest BCUT2D eigenvalue weighted by molar-refractivity contribution is 0.235. The standard InChI is InChI=1S/C12H26N2O2S/c1-12(2,10-13)6-4-7-14(3)11-5-8-17(15,16)9-11/h11H,4-10,13H2,1-3H3. The Hall–Kier alpha value is -0.130. The van der Waals surface area contributed by atoms with Crippen LogP contribution in [0.3, 0.4) is 0 Å². The maximum absolute atomic E-state index is 11.4. The minimum absolute atomic E-state index is 0.197. The van der Waals surface area contributed by atoms with Crippen LogP contribution in [-0.2, 0) is 9.84 Å². The van der Waals surface area contributed by atoms with Crippen molar-refractivity contribution in [2.75, 3.05) is 31.6 Å². The molecule has 1 atom stereocenters. The van der Waals surface area contributed by atoms with E-state index in [2.05, 4.69) is 18.7 Å². The quantitative estimate of drug-likeness (QED) is 0.771. The highest BCUT2D eigenvalue weighted by molar-refractivity contribution is 7.91. The van der Waals surface area contributed by atoms with Gasteiger partial charge >= 0.3 is 0 Å². The zero-order valence-corrected chi connectivity index (χ0v) is 12.1. The van der Waals surface area contributed by atoms with Crippen molar-refractivity contribution in [1.29, 1.82) is 0 Å². The number of rotatable bonds is 6. The Morgan fingerprint density at radius 3 is 2.53 bits per heavy atom. The van der Waals surface area contributed by atoms with Gasteiger partial charge in [-0.15, -0.1) is 0 Å². The highest BCUT2D eigenvalue weighted by atomic mass is 32.2. The van der Waals surface area contributed by atoms with Crippen LogP contribution in [0.15, 0.2) is 0 Å². The topological polar surface area (TPSA) is 63.4 Å². The van der Waals surface area contributed by atoms with Gasteiger partial charge in [-0.2, -0.15) is 0 Å². The summed E-state index contributed by atoms with van der Waals surface area (Å²) in [4.78, 5) is 2.19. The Kier molecular flexibility index (Phi) is 4.98. The Morgan fingerprint density at radius 2 is 2.06 bits per heavy atom. The largest absolute Gasteiger partial charge is 0.330 e. The Balaban J connectivity index is 2.29. The van der Waals surface area contributed by atoms with Crippen molar-refractivity contribution in [3.8, 4) is 0 Å². The minimum Gasteiger partial charge on any atom is -0.330 e. The first-order chi connectivity index (χ1) is 7.76. The summed E-state index contributed by atoms with van der Waals surface area (Å²) in [6.45, 7) is 6.01. The third kappa shape index (κ3) is 4.94. The summed E-state index contributed by atoms with van der Waals surface area (Å²) in [5.74, 6) is 0.695. The molecule has 0 amide bonds. The van der Waals surface area contributed by atoms with Gasteiger partial charge in [-0.25, -0.2) is 8.42 Å². The predicted molar refractivity (Wildman–Crippen MR) is 71.8 cm³/mol. The summed E-state index contributed by atoms with van der Waals surface area (Å²) in [6.07, 6.45) is 2.96. The molecule has 2 N–H and O–H groups in total. The monoisotopic (exact) mass is 262 g/mol. The van der Waals surface area contributed by atoms with Crippen molar-refractivity contribution in [2.45, 2.75) is 39.2 Å². The van der Waals surface area contributed by atoms with Gasteiger partial charge in [0.1, 0.15) is 0 Å². The van der Waals surface area contributed by atoms with E-state index in [0.29, 0.717) is 18.1 Å². The van der Waals surface area contributed by atoms with Gasteiger partial charge in [-0.1, -0.05) is 13.8 Å². The molecule has 1 fully saturated rings. The molecule has 0 aromatic heterocycles. The second-order valence-corrected chi connectivity index (χ2v) is 8.24. The number of hydrogen-bond donors (Lipinski definition) is 1. The van der Waals surface area contributed by atoms with Crippen molar-refractivity contribution >= 4 is 9.84 Å². The molecule has 1 aliphatic rings. The van der Waals surface area contributed by atoms with Gasteiger partial charge in [0.2, 0.25) is 0 Å². The van der Waals surface area contributed by atoms with Crippen molar-refractivity contribution in [3.05, 3.63) is 0 Å². The summed E-state index contributed by atoms with van der Waals surface area (Å²) in [7, 11) is -0.732. The smallest absolute Gasteiger partial charge is 0.151 e. The molecule has 102 valence electrons. The molecule has 0 spiro atoms. The van der Waals surface area contributed by atoms with E-state index >= 15 is 0 Å². The van der Waals surface area contributed by atoms with Crippen LogP contribution in [0.5, 0.6) is 0 Å². The fourth-order valence-corrected chi connectivity index (χ4v) is 4.02. The van der Waals surface area contributed by atoms with E-state index in [0.717, 1.165) is 25.8 Å². The van der Waals surface area contributed by atoms with E-state index in [1.807, 2.05) is 7.05 Å². The fraction of sp³-hybridized carbons (Fsp3) is 1.00. The molecule has 4 nitrogen and oxygen atoms in total. The van der Waals surface area contributed by atoms with Gasteiger partial charge in [-0.05, 0) is 44.8 Å². The predicted octanol–water partition coefficient (Wildman–Crippen LogP) is 0.870. The van der Waals surface area contributed by atoms with E-state index in [-0.39, 0.29) is 11.5 Å². The van der Waals surface area contributed by atoms with Crippen LogP contribution in [-0.4, -0.2) is 51.0 Å². The molecule has 0 bridgehead atoms. The molecule has 1 heterocycles. The Labute approximate surface area is 105 Å². The summed E-state index contributed by atoms with van der Waals surface area (Å²) < 4.78 is 22.8. The molecule has 0 aromatic carbocycles. The van der Waals surface area contributed by atoms with Crippen LogP contribution in [0.25, 0.3) is 0 Å². The average molecular weight is 262 g/mol. The second kappa shape index (κ2) is 5.67. The third-order valence-corrected chi connectivity index (χ3v) is 5.50. The van der Waals surface area contributed by atoms with E-state index in [9.17, 15) is 8.42 Å². The molecular weight excluding hydrogens is 236 g/mol. The van der Waals surface area contributed by atoms with Crippen LogP contribution in [0.4, 0.5) is 0 Å². The normalized spacial score (nSPS) is 24.4. The molecule has 5 heteroatoms. The van der Waals surface area contributed by atoms with Crippen molar-refractivity contribution < 1.29 is 8.42 Å². The minimum atomic E-state index is -2.76. The maximum Gasteiger partial charge on any atom is 0.151 e. The van der Waals surface area contributed by atoms with Crippen molar-refractivity contribution in [1.82, 2.24) is 4.90 Å². The van der Waals surface area contributed by atoms with Gasteiger partial charge in [0.15, 0.2) is 9.84 Å². The zero-order valence-electron chi connectivity index (χ0n) is 11.3. The van der Waals surface area contributed by atoms with Gasteiger partial charge < -0.3 is 10.6 Å². The van der Waals surface area contributed by atoms with E-state index in [1.54, 1.807) is 0 Å². The first-order valence-corrected chi connectivity index (χ1v) is 8.19. The lowest BCUT2D eigenvalue weighted by Crippen LogP contribution is -2.34. The number of hydrogen-bond acceptors (Lipinski definition) is 4. The molecule has 1 unspecified atom stereocenters. The highest BCUT2D eigenvalue weighted by Gasteiger charge is 2.30. The molecule has 0 aliphatic carbocycles. The molecule has 0 aromatic rings. The SMILES string of the molecule is CN(CCCC(C)(C)CN)C1CCS(=O)(=O)C1. The second-order valence-electron chi connectivity index (χ2n) is 6.01. The number of nitrogens with zero attached hydrogens (tertiary/aromatic N) is 1. The van der Waals surface area contributed by atoms with Crippen molar-refractivity contribution in [3.63, 3.8) is 0 Å². The van der Waals surface area contributed by atoms with Gasteiger partial charge in [-0.3, -0.25) is 0 Å². The molecule has 17 heavy (non-hydrogen) atoms. The molecular formula is C12H26N2O2S. The fourth-order valence-electron chi connectivity index (χ4n) is 2.21. The van der Waals surface area contributed by atoms with E-state index in [4.69, 9.17) is 5.73 Å². The maximum atomic E-state index is 11.4. The van der Waals surface area contributed by atoms with Gasteiger partial charge in [0.05, 0.1) is 11.5 Å². The first kappa shape index (κ1) is 14.9. The summed E-state index contributed by atoms with van der Waals surface area (Å²) in [6, 6.07) is 0.223. The zero-order chi connectivity index (χ0) is 13.1. The van der Waals surface area contributed by atoms with E-state index < -0.39 is 9.84 Å². The third-order valence-electron chi connectivity index (χ3n) is 3.75. The average Bonchev–Trinajstić information content (AvgIpc) is 2.58.